The lowest BCUT2D eigenvalue weighted by Crippen LogP contribution is -2.38. The molecule has 2 unspecified atom stereocenters. The highest BCUT2D eigenvalue weighted by Crippen LogP contribution is 2.24. The van der Waals surface area contributed by atoms with Gasteiger partial charge in [-0.05, 0) is 30.5 Å². The first kappa shape index (κ1) is 16.6. The molecule has 0 aliphatic heterocycles. The van der Waals surface area contributed by atoms with Crippen LogP contribution < -0.4 is 15.8 Å². The number of hydrogen-bond donors (Lipinski definition) is 2. The van der Waals surface area contributed by atoms with Gasteiger partial charge >= 0.3 is 6.18 Å². The van der Waals surface area contributed by atoms with Crippen LogP contribution in [0.1, 0.15) is 24.8 Å². The second-order valence-electron chi connectivity index (χ2n) is 5.47. The minimum absolute atomic E-state index is 0.0672. The lowest BCUT2D eigenvalue weighted by molar-refractivity contribution is -0.153. The maximum atomic E-state index is 12.0. The summed E-state index contributed by atoms with van der Waals surface area (Å²) in [5.74, 6) is -0.0676. The van der Waals surface area contributed by atoms with Crippen LogP contribution in [0.3, 0.4) is 0 Å². The van der Waals surface area contributed by atoms with Crippen LogP contribution in [0.4, 0.5) is 13.2 Å². The number of benzene rings is 1. The molecule has 0 bridgehead atoms. The summed E-state index contributed by atoms with van der Waals surface area (Å²) in [4.78, 5) is 12.0. The number of carbonyl (C=O) groups is 1. The normalized spacial score (nSPS) is 21.6. The van der Waals surface area contributed by atoms with Crippen LogP contribution in [-0.2, 0) is 11.3 Å². The summed E-state index contributed by atoms with van der Waals surface area (Å²) in [6.45, 7) is -0.996. The first-order chi connectivity index (χ1) is 10.3. The summed E-state index contributed by atoms with van der Waals surface area (Å²) in [5.41, 5.74) is 6.66. The first-order valence-corrected chi connectivity index (χ1v) is 7.17. The van der Waals surface area contributed by atoms with E-state index >= 15 is 0 Å². The van der Waals surface area contributed by atoms with Gasteiger partial charge in [-0.1, -0.05) is 18.6 Å². The average Bonchev–Trinajstić information content (AvgIpc) is 2.89. The van der Waals surface area contributed by atoms with Crippen LogP contribution in [0, 0.1) is 5.92 Å². The zero-order valence-corrected chi connectivity index (χ0v) is 12.0. The number of carbonyl (C=O) groups excluding carboxylic acids is 1. The summed E-state index contributed by atoms with van der Waals surface area (Å²) in [7, 11) is 0. The molecule has 122 valence electrons. The average molecular weight is 316 g/mol. The third-order valence-electron chi connectivity index (χ3n) is 3.70. The first-order valence-electron chi connectivity index (χ1n) is 7.17. The van der Waals surface area contributed by atoms with Crippen molar-refractivity contribution in [2.75, 3.05) is 6.61 Å². The van der Waals surface area contributed by atoms with Gasteiger partial charge in [0.25, 0.3) is 0 Å². The minimum atomic E-state index is -4.35. The van der Waals surface area contributed by atoms with Crippen LogP contribution in [0.5, 0.6) is 5.75 Å². The molecule has 7 heteroatoms. The van der Waals surface area contributed by atoms with Crippen molar-refractivity contribution < 1.29 is 22.7 Å². The molecule has 1 aliphatic carbocycles. The Morgan fingerprint density at radius 1 is 1.27 bits per heavy atom. The van der Waals surface area contributed by atoms with Crippen molar-refractivity contribution in [3.05, 3.63) is 29.8 Å². The SMILES string of the molecule is NC1CCCC1C(=O)NCc1ccc(OCC(F)(F)F)cc1. The van der Waals surface area contributed by atoms with E-state index in [1.54, 1.807) is 12.1 Å². The summed E-state index contributed by atoms with van der Waals surface area (Å²) < 4.78 is 40.7. The van der Waals surface area contributed by atoms with Gasteiger partial charge in [0.15, 0.2) is 6.61 Å². The molecule has 2 atom stereocenters. The van der Waals surface area contributed by atoms with E-state index in [1.807, 2.05) is 0 Å². The molecular formula is C15H19F3N2O2. The molecule has 1 aromatic rings. The second kappa shape index (κ2) is 7.00. The van der Waals surface area contributed by atoms with Crippen molar-refractivity contribution in [2.24, 2.45) is 11.7 Å². The number of rotatable bonds is 5. The van der Waals surface area contributed by atoms with Crippen LogP contribution in [0.2, 0.25) is 0 Å². The predicted molar refractivity (Wildman–Crippen MR) is 75.2 cm³/mol. The van der Waals surface area contributed by atoms with Crippen LogP contribution in [0.25, 0.3) is 0 Å². The van der Waals surface area contributed by atoms with Crippen LogP contribution in [-0.4, -0.2) is 24.7 Å². The van der Waals surface area contributed by atoms with E-state index in [4.69, 9.17) is 5.73 Å². The van der Waals surface area contributed by atoms with Gasteiger partial charge in [0.05, 0.1) is 5.92 Å². The van der Waals surface area contributed by atoms with Gasteiger partial charge in [-0.15, -0.1) is 0 Å². The number of hydrogen-bond acceptors (Lipinski definition) is 3. The zero-order valence-electron chi connectivity index (χ0n) is 12.0. The fourth-order valence-electron chi connectivity index (χ4n) is 2.50. The van der Waals surface area contributed by atoms with E-state index in [0.717, 1.165) is 24.8 Å². The Labute approximate surface area is 126 Å². The third kappa shape index (κ3) is 4.91. The zero-order chi connectivity index (χ0) is 16.2. The quantitative estimate of drug-likeness (QED) is 0.876. The molecular weight excluding hydrogens is 297 g/mol. The van der Waals surface area contributed by atoms with Crippen molar-refractivity contribution in [1.29, 1.82) is 0 Å². The standard InChI is InChI=1S/C15H19F3N2O2/c16-15(17,18)9-22-11-6-4-10(5-7-11)8-20-14(21)12-2-1-3-13(12)19/h4-7,12-13H,1-3,8-9,19H2,(H,20,21). The van der Waals surface area contributed by atoms with Crippen molar-refractivity contribution in [2.45, 2.75) is 38.0 Å². The Kier molecular flexibility index (Phi) is 5.28. The van der Waals surface area contributed by atoms with E-state index in [0.29, 0.717) is 6.54 Å². The van der Waals surface area contributed by atoms with Crippen molar-refractivity contribution in [1.82, 2.24) is 5.32 Å². The third-order valence-corrected chi connectivity index (χ3v) is 3.70. The molecule has 1 aromatic carbocycles. The Morgan fingerprint density at radius 3 is 2.50 bits per heavy atom. The minimum Gasteiger partial charge on any atom is -0.484 e. The Bertz CT molecular complexity index is 503. The highest BCUT2D eigenvalue weighted by molar-refractivity contribution is 5.79. The summed E-state index contributed by atoms with van der Waals surface area (Å²) in [6, 6.07) is 6.07. The van der Waals surface area contributed by atoms with Crippen molar-refractivity contribution >= 4 is 5.91 Å². The maximum Gasteiger partial charge on any atom is 0.422 e. The molecule has 22 heavy (non-hydrogen) atoms. The number of halogens is 3. The molecule has 1 saturated carbocycles. The predicted octanol–water partition coefficient (Wildman–Crippen LogP) is 2.37. The van der Waals surface area contributed by atoms with Gasteiger partial charge < -0.3 is 15.8 Å². The van der Waals surface area contributed by atoms with E-state index in [2.05, 4.69) is 10.1 Å². The van der Waals surface area contributed by atoms with E-state index in [-0.39, 0.29) is 23.6 Å². The van der Waals surface area contributed by atoms with E-state index in [1.165, 1.54) is 12.1 Å². The molecule has 0 radical (unpaired) electrons. The van der Waals surface area contributed by atoms with Crippen molar-refractivity contribution in [3.8, 4) is 5.75 Å². The number of ether oxygens (including phenoxy) is 1. The topological polar surface area (TPSA) is 64.4 Å². The smallest absolute Gasteiger partial charge is 0.422 e. The number of alkyl halides is 3. The van der Waals surface area contributed by atoms with E-state index in [9.17, 15) is 18.0 Å². The highest BCUT2D eigenvalue weighted by Gasteiger charge is 2.30. The maximum absolute atomic E-state index is 12.0. The van der Waals surface area contributed by atoms with Gasteiger partial charge in [-0.3, -0.25) is 4.79 Å². The number of nitrogens with two attached hydrogens (primary N) is 1. The lowest BCUT2D eigenvalue weighted by atomic mass is 10.0. The molecule has 0 spiro atoms. The monoisotopic (exact) mass is 316 g/mol. The van der Waals surface area contributed by atoms with Crippen molar-refractivity contribution in [3.63, 3.8) is 0 Å². The summed E-state index contributed by atoms with van der Waals surface area (Å²) in [5, 5.41) is 2.81. The number of nitrogens with one attached hydrogen (secondary N) is 1. The van der Waals surface area contributed by atoms with Gasteiger partial charge in [0, 0.05) is 12.6 Å². The molecule has 0 heterocycles. The summed E-state index contributed by atoms with van der Waals surface area (Å²) >= 11 is 0. The molecule has 0 saturated heterocycles. The molecule has 0 aromatic heterocycles. The molecule has 1 amide bonds. The fraction of sp³-hybridized carbons (Fsp3) is 0.533. The molecule has 1 aliphatic rings. The highest BCUT2D eigenvalue weighted by atomic mass is 19.4. The second-order valence-corrected chi connectivity index (χ2v) is 5.47. The molecule has 1 fully saturated rings. The van der Waals surface area contributed by atoms with Crippen LogP contribution in [0.15, 0.2) is 24.3 Å². The largest absolute Gasteiger partial charge is 0.484 e. The Hall–Kier alpha value is -1.76. The summed E-state index contributed by atoms with van der Waals surface area (Å²) in [6.07, 6.45) is -1.72. The van der Waals surface area contributed by atoms with Crippen LogP contribution >= 0.6 is 0 Å². The van der Waals surface area contributed by atoms with Gasteiger partial charge in [-0.25, -0.2) is 0 Å². The Morgan fingerprint density at radius 2 is 1.95 bits per heavy atom. The lowest BCUT2D eigenvalue weighted by Gasteiger charge is -2.15. The molecule has 4 nitrogen and oxygen atoms in total. The number of amides is 1. The van der Waals surface area contributed by atoms with Gasteiger partial charge in [-0.2, -0.15) is 13.2 Å². The Balaban J connectivity index is 1.80. The van der Waals surface area contributed by atoms with E-state index < -0.39 is 12.8 Å². The van der Waals surface area contributed by atoms with Gasteiger partial charge in [0.2, 0.25) is 5.91 Å². The molecule has 2 rings (SSSR count). The fourth-order valence-corrected chi connectivity index (χ4v) is 2.50. The molecule has 3 N–H and O–H groups in total. The van der Waals surface area contributed by atoms with Gasteiger partial charge in [0.1, 0.15) is 5.75 Å².